The molecule has 0 aliphatic heterocycles. The van der Waals surface area contributed by atoms with Crippen LogP contribution in [0.1, 0.15) is 62.6 Å². The largest absolute Gasteiger partial charge is 0.314 e. The van der Waals surface area contributed by atoms with E-state index < -0.39 is 0 Å². The summed E-state index contributed by atoms with van der Waals surface area (Å²) in [7, 11) is 0. The van der Waals surface area contributed by atoms with Gasteiger partial charge >= 0.3 is 0 Å². The van der Waals surface area contributed by atoms with E-state index in [4.69, 9.17) is 0 Å². The molecule has 0 aromatic carbocycles. The van der Waals surface area contributed by atoms with Gasteiger partial charge in [-0.05, 0) is 62.6 Å². The van der Waals surface area contributed by atoms with E-state index in [-0.39, 0.29) is 0 Å². The van der Waals surface area contributed by atoms with E-state index >= 15 is 0 Å². The normalized spacial score (nSPS) is 26.9. The first-order valence-electron chi connectivity index (χ1n) is 8.57. The van der Waals surface area contributed by atoms with Crippen molar-refractivity contribution in [2.24, 2.45) is 11.8 Å². The Labute approximate surface area is 129 Å². The third kappa shape index (κ3) is 4.33. The molecule has 0 amide bonds. The third-order valence-corrected chi connectivity index (χ3v) is 6.04. The number of rotatable bonds is 7. The molecule has 1 fully saturated rings. The highest BCUT2D eigenvalue weighted by Gasteiger charge is 2.29. The molecular formula is C18H31NS. The Morgan fingerprint density at radius 3 is 2.60 bits per heavy atom. The van der Waals surface area contributed by atoms with Gasteiger partial charge in [-0.1, -0.05) is 33.6 Å². The molecule has 0 bridgehead atoms. The maximum absolute atomic E-state index is 3.74. The number of hydrogen-bond donors (Lipinski definition) is 1. The molecule has 1 N–H and O–H groups in total. The lowest BCUT2D eigenvalue weighted by Gasteiger charge is -2.36. The summed E-state index contributed by atoms with van der Waals surface area (Å²) in [5.41, 5.74) is 0. The van der Waals surface area contributed by atoms with Crippen LogP contribution in [0.15, 0.2) is 12.1 Å². The maximum Gasteiger partial charge on any atom is 0.00988 e. The molecule has 0 saturated heterocycles. The number of aryl methyl sites for hydroxylation is 1. The Morgan fingerprint density at radius 2 is 1.95 bits per heavy atom. The zero-order valence-corrected chi connectivity index (χ0v) is 14.3. The third-order valence-electron chi connectivity index (χ3n) is 4.78. The summed E-state index contributed by atoms with van der Waals surface area (Å²) in [6.45, 7) is 7.95. The van der Waals surface area contributed by atoms with Crippen LogP contribution in [0, 0.1) is 11.8 Å². The Balaban J connectivity index is 1.98. The van der Waals surface area contributed by atoms with Gasteiger partial charge in [-0.3, -0.25) is 0 Å². The first-order chi connectivity index (χ1) is 9.76. The van der Waals surface area contributed by atoms with E-state index in [1.807, 2.05) is 11.3 Å². The zero-order valence-electron chi connectivity index (χ0n) is 13.5. The van der Waals surface area contributed by atoms with E-state index in [2.05, 4.69) is 38.2 Å². The van der Waals surface area contributed by atoms with Crippen LogP contribution in [-0.4, -0.2) is 12.6 Å². The van der Waals surface area contributed by atoms with Crippen molar-refractivity contribution in [2.75, 3.05) is 6.54 Å². The lowest BCUT2D eigenvalue weighted by atomic mass is 9.75. The monoisotopic (exact) mass is 293 g/mol. The molecule has 1 aliphatic rings. The van der Waals surface area contributed by atoms with Crippen LogP contribution in [-0.2, 0) is 12.8 Å². The first-order valence-corrected chi connectivity index (χ1v) is 9.39. The highest BCUT2D eigenvalue weighted by atomic mass is 32.1. The topological polar surface area (TPSA) is 12.0 Å². The highest BCUT2D eigenvalue weighted by molar-refractivity contribution is 7.11. The highest BCUT2D eigenvalue weighted by Crippen LogP contribution is 2.35. The molecule has 3 atom stereocenters. The second kappa shape index (κ2) is 8.19. The van der Waals surface area contributed by atoms with Gasteiger partial charge in [0.1, 0.15) is 0 Å². The first kappa shape index (κ1) is 16.0. The molecule has 2 rings (SSSR count). The van der Waals surface area contributed by atoms with Gasteiger partial charge in [0.25, 0.3) is 0 Å². The minimum Gasteiger partial charge on any atom is -0.314 e. The molecule has 1 nitrogen and oxygen atoms in total. The fourth-order valence-corrected chi connectivity index (χ4v) is 4.82. The van der Waals surface area contributed by atoms with Crippen molar-refractivity contribution in [1.82, 2.24) is 5.32 Å². The second-order valence-corrected chi connectivity index (χ2v) is 7.57. The number of thiophene rings is 1. The van der Waals surface area contributed by atoms with Crippen molar-refractivity contribution in [3.8, 4) is 0 Å². The molecule has 1 heterocycles. The van der Waals surface area contributed by atoms with E-state index in [1.165, 1.54) is 44.9 Å². The molecule has 0 spiro atoms. The number of nitrogens with one attached hydrogen (secondary N) is 1. The van der Waals surface area contributed by atoms with Crippen molar-refractivity contribution in [3.63, 3.8) is 0 Å². The summed E-state index contributed by atoms with van der Waals surface area (Å²) >= 11 is 2.03. The van der Waals surface area contributed by atoms with Gasteiger partial charge in [-0.25, -0.2) is 0 Å². The second-order valence-electron chi connectivity index (χ2n) is 6.32. The summed E-state index contributed by atoms with van der Waals surface area (Å²) in [6, 6.07) is 5.45. The van der Waals surface area contributed by atoms with Crippen LogP contribution in [0.2, 0.25) is 0 Å². The van der Waals surface area contributed by atoms with E-state index in [0.717, 1.165) is 24.4 Å². The molecule has 1 aromatic heterocycles. The molecule has 114 valence electrons. The van der Waals surface area contributed by atoms with E-state index in [0.29, 0.717) is 0 Å². The van der Waals surface area contributed by atoms with Gasteiger partial charge in [0, 0.05) is 15.8 Å². The Morgan fingerprint density at radius 1 is 1.15 bits per heavy atom. The Hall–Kier alpha value is -0.340. The fraction of sp³-hybridized carbons (Fsp3) is 0.778. The summed E-state index contributed by atoms with van der Waals surface area (Å²) in [5.74, 6) is 1.83. The smallest absolute Gasteiger partial charge is 0.00988 e. The van der Waals surface area contributed by atoms with Gasteiger partial charge in [0.05, 0.1) is 0 Å². The zero-order chi connectivity index (χ0) is 14.4. The van der Waals surface area contributed by atoms with Crippen molar-refractivity contribution in [3.05, 3.63) is 21.9 Å². The molecule has 1 saturated carbocycles. The lowest BCUT2D eigenvalue weighted by molar-refractivity contribution is 0.196. The van der Waals surface area contributed by atoms with Crippen LogP contribution < -0.4 is 5.32 Å². The molecule has 1 aliphatic carbocycles. The summed E-state index contributed by atoms with van der Waals surface area (Å²) in [6.07, 6.45) is 9.52. The Kier molecular flexibility index (Phi) is 6.57. The van der Waals surface area contributed by atoms with Crippen LogP contribution in [0.3, 0.4) is 0 Å². The van der Waals surface area contributed by atoms with Gasteiger partial charge in [-0.2, -0.15) is 0 Å². The van der Waals surface area contributed by atoms with Crippen molar-refractivity contribution >= 4 is 11.3 Å². The predicted octanol–water partition coefficient (Wildman–Crippen LogP) is 5.05. The fourth-order valence-electron chi connectivity index (χ4n) is 3.77. The van der Waals surface area contributed by atoms with Gasteiger partial charge < -0.3 is 5.32 Å². The molecule has 1 aromatic rings. The Bertz CT molecular complexity index is 385. The van der Waals surface area contributed by atoms with Crippen LogP contribution >= 0.6 is 11.3 Å². The lowest BCUT2D eigenvalue weighted by Crippen LogP contribution is -2.41. The average Bonchev–Trinajstić information content (AvgIpc) is 2.90. The van der Waals surface area contributed by atoms with E-state index in [1.54, 1.807) is 9.75 Å². The molecule has 2 heteroatoms. The van der Waals surface area contributed by atoms with Gasteiger partial charge in [0.15, 0.2) is 0 Å². The van der Waals surface area contributed by atoms with Crippen molar-refractivity contribution in [1.29, 1.82) is 0 Å². The molecule has 0 radical (unpaired) electrons. The SMILES string of the molecule is CCCC1CCC(NCC)C(Cc2ccc(CC)s2)C1. The standard InChI is InChI=1S/C18H31NS/c1-4-7-14-8-11-18(19-6-3)15(12-14)13-17-10-9-16(5-2)20-17/h9-10,14-15,18-19H,4-8,11-13H2,1-3H3. The summed E-state index contributed by atoms with van der Waals surface area (Å²) < 4.78 is 0. The minimum absolute atomic E-state index is 0.750. The van der Waals surface area contributed by atoms with Crippen LogP contribution in [0.25, 0.3) is 0 Å². The van der Waals surface area contributed by atoms with Crippen molar-refractivity contribution in [2.45, 2.75) is 71.8 Å². The van der Waals surface area contributed by atoms with E-state index in [9.17, 15) is 0 Å². The van der Waals surface area contributed by atoms with Gasteiger partial charge in [-0.15, -0.1) is 11.3 Å². The molecule has 20 heavy (non-hydrogen) atoms. The van der Waals surface area contributed by atoms with Gasteiger partial charge in [0.2, 0.25) is 0 Å². The number of hydrogen-bond acceptors (Lipinski definition) is 2. The van der Waals surface area contributed by atoms with Crippen LogP contribution in [0.5, 0.6) is 0 Å². The average molecular weight is 294 g/mol. The minimum atomic E-state index is 0.750. The summed E-state index contributed by atoms with van der Waals surface area (Å²) in [5, 5.41) is 3.74. The van der Waals surface area contributed by atoms with Crippen LogP contribution in [0.4, 0.5) is 0 Å². The predicted molar refractivity (Wildman–Crippen MR) is 90.6 cm³/mol. The summed E-state index contributed by atoms with van der Waals surface area (Å²) in [4.78, 5) is 3.15. The quantitative estimate of drug-likeness (QED) is 0.742. The molecule has 3 unspecified atom stereocenters. The molecular weight excluding hydrogens is 262 g/mol. The maximum atomic E-state index is 3.74. The van der Waals surface area contributed by atoms with Crippen molar-refractivity contribution < 1.29 is 0 Å².